The quantitative estimate of drug-likeness (QED) is 0.689. The predicted octanol–water partition coefficient (Wildman–Crippen LogP) is 2.05. The average molecular weight is 223 g/mol. The second-order valence-corrected chi connectivity index (χ2v) is 4.09. The van der Waals surface area contributed by atoms with Gasteiger partial charge >= 0.3 is 0 Å². The van der Waals surface area contributed by atoms with Crippen molar-refractivity contribution in [3.8, 4) is 0 Å². The smallest absolute Gasteiger partial charge is 0.169 e. The van der Waals surface area contributed by atoms with Gasteiger partial charge in [-0.3, -0.25) is 4.90 Å². The van der Waals surface area contributed by atoms with Gasteiger partial charge in [0.25, 0.3) is 0 Å². The molecule has 0 bridgehead atoms. The molecular weight excluding hydrogens is 202 g/mol. The number of hydrogen-bond donors (Lipinski definition) is 0. The Morgan fingerprint density at radius 1 is 1.25 bits per heavy atom. The number of ether oxygens (including phenoxy) is 2. The first-order valence-corrected chi connectivity index (χ1v) is 5.45. The molecule has 0 fully saturated rings. The number of benzene rings is 1. The summed E-state index contributed by atoms with van der Waals surface area (Å²) in [5.74, 6) is 0. The van der Waals surface area contributed by atoms with E-state index >= 15 is 0 Å². The lowest BCUT2D eigenvalue weighted by molar-refractivity contribution is -0.114. The largest absolute Gasteiger partial charge is 0.355 e. The van der Waals surface area contributed by atoms with Crippen LogP contribution in [-0.4, -0.2) is 39.0 Å². The highest BCUT2D eigenvalue weighted by Gasteiger charge is 2.09. The Balaban J connectivity index is 2.47. The van der Waals surface area contributed by atoms with Crippen molar-refractivity contribution in [2.24, 2.45) is 0 Å². The minimum atomic E-state index is -0.158. The highest BCUT2D eigenvalue weighted by atomic mass is 16.7. The Hall–Kier alpha value is -0.900. The van der Waals surface area contributed by atoms with Crippen molar-refractivity contribution in [3.05, 3.63) is 35.4 Å². The molecule has 0 aliphatic carbocycles. The second kappa shape index (κ2) is 6.63. The zero-order valence-corrected chi connectivity index (χ0v) is 10.6. The molecule has 0 heterocycles. The van der Waals surface area contributed by atoms with Crippen molar-refractivity contribution in [3.63, 3.8) is 0 Å². The summed E-state index contributed by atoms with van der Waals surface area (Å²) in [5, 5.41) is 0. The van der Waals surface area contributed by atoms with Crippen LogP contribution in [0.15, 0.2) is 24.3 Å². The molecule has 0 aliphatic heterocycles. The maximum absolute atomic E-state index is 5.17. The third-order valence-corrected chi connectivity index (χ3v) is 2.52. The number of likely N-dealkylation sites (N-methyl/N-ethyl adjacent to an activating group) is 1. The average Bonchev–Trinajstić information content (AvgIpc) is 2.26. The molecule has 16 heavy (non-hydrogen) atoms. The minimum Gasteiger partial charge on any atom is -0.355 e. The molecule has 0 spiro atoms. The van der Waals surface area contributed by atoms with Crippen molar-refractivity contribution < 1.29 is 9.47 Å². The maximum Gasteiger partial charge on any atom is 0.169 e. The molecule has 0 saturated carbocycles. The van der Waals surface area contributed by atoms with Crippen LogP contribution in [0.25, 0.3) is 0 Å². The van der Waals surface area contributed by atoms with Crippen molar-refractivity contribution in [1.29, 1.82) is 0 Å². The first-order valence-electron chi connectivity index (χ1n) is 5.45. The minimum absolute atomic E-state index is 0.158. The molecule has 0 aromatic heterocycles. The van der Waals surface area contributed by atoms with E-state index in [1.54, 1.807) is 14.2 Å². The topological polar surface area (TPSA) is 21.7 Å². The molecule has 0 N–H and O–H groups in total. The third-order valence-electron chi connectivity index (χ3n) is 2.52. The zero-order chi connectivity index (χ0) is 12.0. The molecule has 0 aliphatic rings. The summed E-state index contributed by atoms with van der Waals surface area (Å²) in [6.45, 7) is 3.78. The number of hydrogen-bond acceptors (Lipinski definition) is 3. The van der Waals surface area contributed by atoms with Crippen molar-refractivity contribution in [2.45, 2.75) is 19.8 Å². The number of nitrogens with zero attached hydrogens (tertiary/aromatic N) is 1. The molecule has 1 rings (SSSR count). The van der Waals surface area contributed by atoms with E-state index in [9.17, 15) is 0 Å². The van der Waals surface area contributed by atoms with Crippen LogP contribution in [0.1, 0.15) is 11.1 Å². The second-order valence-electron chi connectivity index (χ2n) is 4.09. The third kappa shape index (κ3) is 4.31. The summed E-state index contributed by atoms with van der Waals surface area (Å²) in [6.07, 6.45) is -0.158. The fourth-order valence-corrected chi connectivity index (χ4v) is 1.69. The van der Waals surface area contributed by atoms with Crippen LogP contribution in [0.4, 0.5) is 0 Å². The highest BCUT2D eigenvalue weighted by Crippen LogP contribution is 2.07. The molecule has 3 nitrogen and oxygen atoms in total. The summed E-state index contributed by atoms with van der Waals surface area (Å²) in [6, 6.07) is 8.53. The van der Waals surface area contributed by atoms with Crippen LogP contribution < -0.4 is 0 Å². The van der Waals surface area contributed by atoms with Gasteiger partial charge in [0.15, 0.2) is 6.29 Å². The van der Waals surface area contributed by atoms with Crippen LogP contribution in [0.3, 0.4) is 0 Å². The van der Waals surface area contributed by atoms with Crippen molar-refractivity contribution >= 4 is 0 Å². The van der Waals surface area contributed by atoms with Gasteiger partial charge in [0.05, 0.1) is 0 Å². The van der Waals surface area contributed by atoms with E-state index in [-0.39, 0.29) is 6.29 Å². The molecular formula is C13H21NO2. The lowest BCUT2D eigenvalue weighted by Gasteiger charge is -2.22. The van der Waals surface area contributed by atoms with Crippen molar-refractivity contribution in [1.82, 2.24) is 4.90 Å². The Bertz CT molecular complexity index is 311. The van der Waals surface area contributed by atoms with Crippen LogP contribution in [0, 0.1) is 6.92 Å². The molecule has 0 unspecified atom stereocenters. The normalized spacial score (nSPS) is 11.4. The lowest BCUT2D eigenvalue weighted by atomic mass is 10.1. The Morgan fingerprint density at radius 3 is 2.50 bits per heavy atom. The van der Waals surface area contributed by atoms with Crippen LogP contribution in [0.5, 0.6) is 0 Å². The van der Waals surface area contributed by atoms with Gasteiger partial charge in [0, 0.05) is 27.3 Å². The molecule has 1 aromatic carbocycles. The molecule has 0 radical (unpaired) electrons. The van der Waals surface area contributed by atoms with Crippen LogP contribution in [-0.2, 0) is 16.0 Å². The van der Waals surface area contributed by atoms with Gasteiger partial charge in [-0.2, -0.15) is 0 Å². The molecule has 90 valence electrons. The molecule has 3 heteroatoms. The fourth-order valence-electron chi connectivity index (χ4n) is 1.69. The summed E-state index contributed by atoms with van der Waals surface area (Å²) >= 11 is 0. The lowest BCUT2D eigenvalue weighted by Crippen LogP contribution is -2.31. The molecule has 0 atom stereocenters. The van der Waals surface area contributed by atoms with E-state index < -0.39 is 0 Å². The van der Waals surface area contributed by atoms with Gasteiger partial charge in [-0.1, -0.05) is 29.8 Å². The molecule has 1 aromatic rings. The zero-order valence-electron chi connectivity index (χ0n) is 10.6. The van der Waals surface area contributed by atoms with Gasteiger partial charge < -0.3 is 9.47 Å². The summed E-state index contributed by atoms with van der Waals surface area (Å²) in [5.41, 5.74) is 2.61. The first-order chi connectivity index (χ1) is 7.65. The summed E-state index contributed by atoms with van der Waals surface area (Å²) < 4.78 is 10.3. The molecule has 0 amide bonds. The van der Waals surface area contributed by atoms with E-state index in [0.717, 1.165) is 13.1 Å². The van der Waals surface area contributed by atoms with Crippen LogP contribution >= 0.6 is 0 Å². The summed E-state index contributed by atoms with van der Waals surface area (Å²) in [4.78, 5) is 2.19. The highest BCUT2D eigenvalue weighted by molar-refractivity contribution is 5.21. The first kappa shape index (κ1) is 13.2. The SMILES string of the molecule is COC(CN(C)Cc1cccc(C)c1)OC. The van der Waals surface area contributed by atoms with Gasteiger partial charge in [0.1, 0.15) is 0 Å². The van der Waals surface area contributed by atoms with Gasteiger partial charge in [0.2, 0.25) is 0 Å². The van der Waals surface area contributed by atoms with Gasteiger partial charge in [-0.25, -0.2) is 0 Å². The van der Waals surface area contributed by atoms with Gasteiger partial charge in [-0.15, -0.1) is 0 Å². The van der Waals surface area contributed by atoms with E-state index in [1.807, 2.05) is 0 Å². The molecule has 0 saturated heterocycles. The number of aryl methyl sites for hydroxylation is 1. The monoisotopic (exact) mass is 223 g/mol. The van der Waals surface area contributed by atoms with E-state index in [0.29, 0.717) is 0 Å². The Morgan fingerprint density at radius 2 is 1.94 bits per heavy atom. The standard InChI is InChI=1S/C13H21NO2/c1-11-6-5-7-12(8-11)9-14(2)10-13(15-3)16-4/h5-8,13H,9-10H2,1-4H3. The maximum atomic E-state index is 5.17. The van der Waals surface area contributed by atoms with E-state index in [4.69, 9.17) is 9.47 Å². The van der Waals surface area contributed by atoms with E-state index in [1.165, 1.54) is 11.1 Å². The fraction of sp³-hybridized carbons (Fsp3) is 0.538. The van der Waals surface area contributed by atoms with Crippen molar-refractivity contribution in [2.75, 3.05) is 27.8 Å². The Labute approximate surface area is 98.0 Å². The van der Waals surface area contributed by atoms with E-state index in [2.05, 4.69) is 43.1 Å². The van der Waals surface area contributed by atoms with Crippen LogP contribution in [0.2, 0.25) is 0 Å². The summed E-state index contributed by atoms with van der Waals surface area (Å²) in [7, 11) is 5.39. The Kier molecular flexibility index (Phi) is 5.46. The van der Waals surface area contributed by atoms with Gasteiger partial charge in [-0.05, 0) is 19.5 Å². The predicted molar refractivity (Wildman–Crippen MR) is 65.3 cm³/mol. The number of methoxy groups -OCH3 is 2. The number of rotatable bonds is 6.